The maximum Gasteiger partial charge on any atom is 0.337 e. The van der Waals surface area contributed by atoms with Gasteiger partial charge in [0, 0.05) is 17.1 Å². The number of aromatic nitrogens is 1. The van der Waals surface area contributed by atoms with Crippen LogP contribution < -0.4 is 10.2 Å². The molecule has 1 saturated heterocycles. The molecule has 1 aliphatic heterocycles. The first-order valence-electron chi connectivity index (χ1n) is 11.0. The van der Waals surface area contributed by atoms with Gasteiger partial charge in [-0.15, -0.1) is 0 Å². The van der Waals surface area contributed by atoms with Crippen LogP contribution in [0.25, 0.3) is 11.8 Å². The summed E-state index contributed by atoms with van der Waals surface area (Å²) >= 11 is 5.32. The number of esters is 1. The molecule has 0 bridgehead atoms. The summed E-state index contributed by atoms with van der Waals surface area (Å²) in [4.78, 5) is 39.6. The van der Waals surface area contributed by atoms with Gasteiger partial charge in [-0.3, -0.25) is 19.8 Å². The second kappa shape index (κ2) is 9.31. The number of methoxy groups -OCH3 is 1. The average Bonchev–Trinajstić information content (AvgIpc) is 3.10. The monoisotopic (exact) mass is 487 g/mol. The van der Waals surface area contributed by atoms with Crippen LogP contribution >= 0.6 is 12.2 Å². The van der Waals surface area contributed by atoms with Crippen LogP contribution in [0.4, 0.5) is 5.69 Å². The summed E-state index contributed by atoms with van der Waals surface area (Å²) in [5.41, 5.74) is 6.09. The third kappa shape index (κ3) is 4.28. The third-order valence-corrected chi connectivity index (χ3v) is 6.38. The van der Waals surface area contributed by atoms with E-state index in [4.69, 9.17) is 17.0 Å². The Balaban J connectivity index is 1.80. The lowest BCUT2D eigenvalue weighted by molar-refractivity contribution is -0.122. The maximum absolute atomic E-state index is 13.4. The van der Waals surface area contributed by atoms with Crippen molar-refractivity contribution in [1.82, 2.24) is 9.88 Å². The predicted octanol–water partition coefficient (Wildman–Crippen LogP) is 4.33. The number of thiocarbonyl (C=S) groups is 1. The van der Waals surface area contributed by atoms with Gasteiger partial charge in [-0.25, -0.2) is 4.79 Å². The molecule has 8 heteroatoms. The molecular formula is C27H25N3O4S. The summed E-state index contributed by atoms with van der Waals surface area (Å²) in [6.45, 7) is 7.66. The van der Waals surface area contributed by atoms with Gasteiger partial charge in [0.05, 0.1) is 18.4 Å². The molecule has 2 amide bonds. The molecule has 1 aliphatic rings. The lowest BCUT2D eigenvalue weighted by Crippen LogP contribution is -2.54. The molecule has 0 radical (unpaired) electrons. The van der Waals surface area contributed by atoms with E-state index in [0.29, 0.717) is 16.8 Å². The fourth-order valence-corrected chi connectivity index (χ4v) is 4.52. The van der Waals surface area contributed by atoms with Crippen molar-refractivity contribution in [2.45, 2.75) is 27.7 Å². The summed E-state index contributed by atoms with van der Waals surface area (Å²) in [6.07, 6.45) is 1.59. The van der Waals surface area contributed by atoms with Crippen molar-refractivity contribution in [3.8, 4) is 5.69 Å². The number of amides is 2. The minimum Gasteiger partial charge on any atom is -0.465 e. The van der Waals surface area contributed by atoms with E-state index in [1.807, 2.05) is 62.6 Å². The van der Waals surface area contributed by atoms with Gasteiger partial charge in [0.25, 0.3) is 11.8 Å². The van der Waals surface area contributed by atoms with E-state index in [1.165, 1.54) is 12.0 Å². The van der Waals surface area contributed by atoms with Crippen molar-refractivity contribution in [3.63, 3.8) is 0 Å². The highest BCUT2D eigenvalue weighted by atomic mass is 32.1. The summed E-state index contributed by atoms with van der Waals surface area (Å²) in [5.74, 6) is -1.45. The highest BCUT2D eigenvalue weighted by Gasteiger charge is 2.35. The molecule has 0 aliphatic carbocycles. The van der Waals surface area contributed by atoms with Gasteiger partial charge in [-0.2, -0.15) is 0 Å². The Morgan fingerprint density at radius 3 is 2.34 bits per heavy atom. The minimum absolute atomic E-state index is 0.0119. The van der Waals surface area contributed by atoms with Gasteiger partial charge >= 0.3 is 5.97 Å². The largest absolute Gasteiger partial charge is 0.465 e. The Morgan fingerprint density at radius 2 is 1.66 bits per heavy atom. The lowest BCUT2D eigenvalue weighted by atomic mass is 10.1. The van der Waals surface area contributed by atoms with Crippen LogP contribution in [0.3, 0.4) is 0 Å². The fraction of sp³-hybridized carbons (Fsp3) is 0.185. The average molecular weight is 488 g/mol. The van der Waals surface area contributed by atoms with Crippen LogP contribution in [0.2, 0.25) is 0 Å². The van der Waals surface area contributed by atoms with Crippen LogP contribution in [-0.4, -0.2) is 34.6 Å². The van der Waals surface area contributed by atoms with Crippen molar-refractivity contribution in [1.29, 1.82) is 0 Å². The van der Waals surface area contributed by atoms with Gasteiger partial charge in [-0.05, 0) is 86.9 Å². The van der Waals surface area contributed by atoms with Crippen molar-refractivity contribution in [2.75, 3.05) is 12.0 Å². The standard InChI is InChI=1S/C27H25N3O4S/c1-15-8-6-7-9-22(15)30-25(32)21(24(31)28-27(30)35)13-20-12-17(3)29(18(20)4)23-14-19(26(33)34-5)11-10-16(23)2/h6-14H,1-5H3,(H,28,31,35)/b21-13+. The molecule has 4 rings (SSSR count). The first-order valence-corrected chi connectivity index (χ1v) is 11.4. The predicted molar refractivity (Wildman–Crippen MR) is 139 cm³/mol. The molecule has 0 atom stereocenters. The number of para-hydroxylation sites is 1. The number of aryl methyl sites for hydroxylation is 3. The number of benzene rings is 2. The number of nitrogens with zero attached hydrogens (tertiary/aromatic N) is 2. The van der Waals surface area contributed by atoms with Crippen molar-refractivity contribution < 1.29 is 19.1 Å². The van der Waals surface area contributed by atoms with Crippen LogP contribution in [0, 0.1) is 27.7 Å². The first-order chi connectivity index (χ1) is 16.6. The summed E-state index contributed by atoms with van der Waals surface area (Å²) in [5, 5.41) is 2.68. The van der Waals surface area contributed by atoms with E-state index in [-0.39, 0.29) is 10.7 Å². The minimum atomic E-state index is -0.543. The number of carbonyl (C=O) groups excluding carboxylic acids is 3. The van der Waals surface area contributed by atoms with E-state index in [0.717, 1.165) is 28.2 Å². The molecule has 178 valence electrons. The Kier molecular flexibility index (Phi) is 6.41. The third-order valence-electron chi connectivity index (χ3n) is 6.10. The molecule has 1 N–H and O–H groups in total. The second-order valence-electron chi connectivity index (χ2n) is 8.40. The van der Waals surface area contributed by atoms with Gasteiger partial charge in [0.15, 0.2) is 5.11 Å². The molecule has 35 heavy (non-hydrogen) atoms. The number of ether oxygens (including phenoxy) is 1. The van der Waals surface area contributed by atoms with Crippen LogP contribution in [-0.2, 0) is 14.3 Å². The van der Waals surface area contributed by atoms with E-state index < -0.39 is 17.8 Å². The van der Waals surface area contributed by atoms with Crippen LogP contribution in [0.1, 0.15) is 38.4 Å². The fourth-order valence-electron chi connectivity index (χ4n) is 4.25. The Morgan fingerprint density at radius 1 is 0.971 bits per heavy atom. The molecule has 7 nitrogen and oxygen atoms in total. The summed E-state index contributed by atoms with van der Waals surface area (Å²) < 4.78 is 6.85. The van der Waals surface area contributed by atoms with E-state index in [9.17, 15) is 14.4 Å². The van der Waals surface area contributed by atoms with Crippen molar-refractivity contribution in [3.05, 3.63) is 87.7 Å². The zero-order valence-electron chi connectivity index (χ0n) is 20.1. The number of nitrogens with one attached hydrogen (secondary N) is 1. The quantitative estimate of drug-likeness (QED) is 0.256. The van der Waals surface area contributed by atoms with Gasteiger partial charge < -0.3 is 9.30 Å². The molecule has 2 aromatic carbocycles. The van der Waals surface area contributed by atoms with E-state index in [2.05, 4.69) is 5.32 Å². The molecule has 1 fully saturated rings. The van der Waals surface area contributed by atoms with Gasteiger partial charge in [0.2, 0.25) is 0 Å². The first kappa shape index (κ1) is 24.1. The lowest BCUT2D eigenvalue weighted by Gasteiger charge is -2.30. The molecular weight excluding hydrogens is 462 g/mol. The number of anilines is 1. The number of hydrogen-bond acceptors (Lipinski definition) is 5. The highest BCUT2D eigenvalue weighted by Crippen LogP contribution is 2.29. The molecule has 1 aromatic heterocycles. The summed E-state index contributed by atoms with van der Waals surface area (Å²) in [6, 6.07) is 14.6. The highest BCUT2D eigenvalue weighted by molar-refractivity contribution is 7.80. The number of carbonyl (C=O) groups is 3. The number of rotatable bonds is 4. The Bertz CT molecular complexity index is 1430. The van der Waals surface area contributed by atoms with Crippen molar-refractivity contribution in [2.24, 2.45) is 0 Å². The normalized spacial score (nSPS) is 14.9. The molecule has 0 unspecified atom stereocenters. The van der Waals surface area contributed by atoms with Crippen molar-refractivity contribution >= 4 is 46.9 Å². The Labute approximate surface area is 209 Å². The topological polar surface area (TPSA) is 80.6 Å². The van der Waals surface area contributed by atoms with E-state index >= 15 is 0 Å². The van der Waals surface area contributed by atoms with Gasteiger partial charge in [0.1, 0.15) is 5.57 Å². The van der Waals surface area contributed by atoms with E-state index in [1.54, 1.807) is 24.3 Å². The Hall–Kier alpha value is -4.04. The summed E-state index contributed by atoms with van der Waals surface area (Å²) in [7, 11) is 1.34. The molecule has 2 heterocycles. The molecule has 0 saturated carbocycles. The zero-order chi connectivity index (χ0) is 25.4. The maximum atomic E-state index is 13.4. The van der Waals surface area contributed by atoms with Crippen LogP contribution in [0.5, 0.6) is 0 Å². The molecule has 0 spiro atoms. The number of hydrogen-bond donors (Lipinski definition) is 1. The zero-order valence-corrected chi connectivity index (χ0v) is 20.9. The van der Waals surface area contributed by atoms with Gasteiger partial charge in [-0.1, -0.05) is 24.3 Å². The molecule has 3 aromatic rings. The smallest absolute Gasteiger partial charge is 0.337 e. The second-order valence-corrected chi connectivity index (χ2v) is 8.79. The van der Waals surface area contributed by atoms with Crippen LogP contribution in [0.15, 0.2) is 54.1 Å². The SMILES string of the molecule is COC(=O)c1ccc(C)c(-n2c(C)cc(/C=C3\C(=O)NC(=S)N(c4ccccc4C)C3=O)c2C)c1.